The third-order valence-corrected chi connectivity index (χ3v) is 4.44. The lowest BCUT2D eigenvalue weighted by molar-refractivity contribution is 0.0936. The first kappa shape index (κ1) is 13.4. The van der Waals surface area contributed by atoms with Crippen molar-refractivity contribution in [3.8, 4) is 5.75 Å². The molecule has 0 saturated carbocycles. The van der Waals surface area contributed by atoms with E-state index in [1.165, 1.54) is 5.56 Å². The smallest absolute Gasteiger partial charge is 0.166 e. The van der Waals surface area contributed by atoms with Crippen LogP contribution in [0.25, 0.3) is 0 Å². The van der Waals surface area contributed by atoms with Crippen molar-refractivity contribution in [3.63, 3.8) is 0 Å². The van der Waals surface area contributed by atoms with Crippen LogP contribution in [0.4, 0.5) is 0 Å². The molecule has 1 aliphatic rings. The van der Waals surface area contributed by atoms with Crippen LogP contribution < -0.4 is 4.74 Å². The molecule has 1 aliphatic carbocycles. The van der Waals surface area contributed by atoms with Crippen molar-refractivity contribution in [1.82, 2.24) is 0 Å². The predicted molar refractivity (Wildman–Crippen MR) is 82.4 cm³/mol. The fourth-order valence-electron chi connectivity index (χ4n) is 2.80. The van der Waals surface area contributed by atoms with Gasteiger partial charge >= 0.3 is 0 Å². The molecule has 3 rings (SSSR count). The number of benzene rings is 2. The number of fused-ring (bicyclic) bond motifs is 1. The monoisotopic (exact) mass is 330 g/mol. The van der Waals surface area contributed by atoms with Crippen molar-refractivity contribution in [1.29, 1.82) is 0 Å². The molecule has 0 spiro atoms. The quantitative estimate of drug-likeness (QED) is 0.848. The number of carbonyl (C=O) groups excluding carboxylic acids is 1. The largest absolute Gasteiger partial charge is 0.496 e. The number of Topliss-reactive ketones (excluding diaryl/α,β-unsaturated/α-hetero) is 1. The Morgan fingerprint density at radius 2 is 2.05 bits per heavy atom. The molecule has 3 heteroatoms. The summed E-state index contributed by atoms with van der Waals surface area (Å²) < 4.78 is 6.16. The zero-order valence-corrected chi connectivity index (χ0v) is 12.8. The molecular formula is C17H15BrO2. The summed E-state index contributed by atoms with van der Waals surface area (Å²) in [6.45, 7) is 0. The second-order valence-corrected chi connectivity index (χ2v) is 5.95. The van der Waals surface area contributed by atoms with Gasteiger partial charge in [-0.3, -0.25) is 4.79 Å². The first-order chi connectivity index (χ1) is 9.69. The number of hydrogen-bond donors (Lipinski definition) is 0. The number of ether oxygens (including phenoxy) is 1. The molecule has 2 aromatic carbocycles. The van der Waals surface area contributed by atoms with Gasteiger partial charge in [-0.05, 0) is 52.0 Å². The second-order valence-electron chi connectivity index (χ2n) is 5.10. The van der Waals surface area contributed by atoms with E-state index in [0.717, 1.165) is 34.2 Å². The third kappa shape index (κ3) is 2.38. The predicted octanol–water partition coefficient (Wildman–Crippen LogP) is 4.06. The number of methoxy groups -OCH3 is 1. The molecule has 0 saturated heterocycles. The van der Waals surface area contributed by atoms with Gasteiger partial charge in [-0.1, -0.05) is 30.3 Å². The summed E-state index contributed by atoms with van der Waals surface area (Å²) in [5.74, 6) is 1.15. The van der Waals surface area contributed by atoms with Gasteiger partial charge in [-0.2, -0.15) is 0 Å². The minimum Gasteiger partial charge on any atom is -0.496 e. The maximum atomic E-state index is 12.4. The van der Waals surface area contributed by atoms with Gasteiger partial charge in [0.1, 0.15) is 5.75 Å². The van der Waals surface area contributed by atoms with E-state index in [2.05, 4.69) is 22.0 Å². The molecular weight excluding hydrogens is 316 g/mol. The summed E-state index contributed by atoms with van der Waals surface area (Å²) in [6.07, 6.45) is 1.62. The first-order valence-electron chi connectivity index (χ1n) is 6.63. The van der Waals surface area contributed by atoms with Crippen LogP contribution in [-0.2, 0) is 12.8 Å². The molecule has 0 fully saturated rings. The highest BCUT2D eigenvalue weighted by atomic mass is 79.9. The number of rotatable bonds is 3. The van der Waals surface area contributed by atoms with E-state index in [9.17, 15) is 4.79 Å². The Bertz CT molecular complexity index is 664. The van der Waals surface area contributed by atoms with E-state index in [1.807, 2.05) is 36.4 Å². The lowest BCUT2D eigenvalue weighted by atomic mass is 9.96. The highest BCUT2D eigenvalue weighted by molar-refractivity contribution is 9.10. The van der Waals surface area contributed by atoms with E-state index in [1.54, 1.807) is 7.11 Å². The highest BCUT2D eigenvalue weighted by Gasteiger charge is 2.29. The maximum absolute atomic E-state index is 12.4. The molecule has 1 atom stereocenters. The Morgan fingerprint density at radius 3 is 2.75 bits per heavy atom. The van der Waals surface area contributed by atoms with E-state index in [-0.39, 0.29) is 11.7 Å². The topological polar surface area (TPSA) is 26.3 Å². The number of ketones is 1. The minimum absolute atomic E-state index is 0.0627. The standard InChI is InChI=1S/C17H15BrO2/c1-20-16-7-6-11(9-15(16)18)8-13-10-12-4-2-3-5-14(12)17(13)19/h2-7,9,13H,8,10H2,1H3. The maximum Gasteiger partial charge on any atom is 0.166 e. The zero-order chi connectivity index (χ0) is 14.1. The van der Waals surface area contributed by atoms with Crippen LogP contribution in [-0.4, -0.2) is 12.9 Å². The van der Waals surface area contributed by atoms with Crippen LogP contribution in [0.1, 0.15) is 21.5 Å². The fourth-order valence-corrected chi connectivity index (χ4v) is 3.39. The molecule has 0 aromatic heterocycles. The third-order valence-electron chi connectivity index (χ3n) is 3.82. The summed E-state index contributed by atoms with van der Waals surface area (Å²) in [4.78, 5) is 12.4. The highest BCUT2D eigenvalue weighted by Crippen LogP contribution is 2.31. The lowest BCUT2D eigenvalue weighted by Gasteiger charge is -2.10. The summed E-state index contributed by atoms with van der Waals surface area (Å²) in [7, 11) is 1.65. The van der Waals surface area contributed by atoms with Gasteiger partial charge in [-0.25, -0.2) is 0 Å². The van der Waals surface area contributed by atoms with Crippen LogP contribution in [0.15, 0.2) is 46.9 Å². The van der Waals surface area contributed by atoms with Gasteiger partial charge in [0.2, 0.25) is 0 Å². The molecule has 1 unspecified atom stereocenters. The average Bonchev–Trinajstić information content (AvgIpc) is 2.76. The van der Waals surface area contributed by atoms with Crippen LogP contribution in [0.5, 0.6) is 5.75 Å². The molecule has 102 valence electrons. The molecule has 2 aromatic rings. The van der Waals surface area contributed by atoms with Crippen molar-refractivity contribution < 1.29 is 9.53 Å². The van der Waals surface area contributed by atoms with Gasteiger partial charge in [-0.15, -0.1) is 0 Å². The summed E-state index contributed by atoms with van der Waals surface area (Å²) in [5, 5.41) is 0. The Balaban J connectivity index is 1.80. The molecule has 0 heterocycles. The fraction of sp³-hybridized carbons (Fsp3) is 0.235. The normalized spacial score (nSPS) is 17.1. The van der Waals surface area contributed by atoms with Crippen LogP contribution in [0.2, 0.25) is 0 Å². The SMILES string of the molecule is COc1ccc(CC2Cc3ccccc3C2=O)cc1Br. The first-order valence-corrected chi connectivity index (χ1v) is 7.43. The molecule has 20 heavy (non-hydrogen) atoms. The minimum atomic E-state index is 0.0627. The Hall–Kier alpha value is -1.61. The molecule has 0 aliphatic heterocycles. The summed E-state index contributed by atoms with van der Waals surface area (Å²) in [5.41, 5.74) is 3.23. The van der Waals surface area contributed by atoms with Crippen LogP contribution >= 0.6 is 15.9 Å². The van der Waals surface area contributed by atoms with Gasteiger partial charge in [0.25, 0.3) is 0 Å². The number of carbonyl (C=O) groups is 1. The Kier molecular flexibility index (Phi) is 3.62. The second kappa shape index (κ2) is 5.41. The molecule has 0 bridgehead atoms. The van der Waals surface area contributed by atoms with Gasteiger partial charge in [0.05, 0.1) is 11.6 Å². The van der Waals surface area contributed by atoms with E-state index in [0.29, 0.717) is 0 Å². The van der Waals surface area contributed by atoms with Crippen LogP contribution in [0, 0.1) is 5.92 Å². The average molecular weight is 331 g/mol. The van der Waals surface area contributed by atoms with Crippen molar-refractivity contribution in [3.05, 3.63) is 63.6 Å². The molecule has 0 amide bonds. The van der Waals surface area contributed by atoms with Crippen molar-refractivity contribution in [2.24, 2.45) is 5.92 Å². The van der Waals surface area contributed by atoms with Crippen molar-refractivity contribution in [2.45, 2.75) is 12.8 Å². The number of halogens is 1. The van der Waals surface area contributed by atoms with Crippen molar-refractivity contribution >= 4 is 21.7 Å². The van der Waals surface area contributed by atoms with Gasteiger partial charge in [0.15, 0.2) is 5.78 Å². The van der Waals surface area contributed by atoms with E-state index >= 15 is 0 Å². The lowest BCUT2D eigenvalue weighted by Crippen LogP contribution is -2.12. The summed E-state index contributed by atoms with van der Waals surface area (Å²) >= 11 is 3.49. The van der Waals surface area contributed by atoms with Crippen LogP contribution in [0.3, 0.4) is 0 Å². The Morgan fingerprint density at radius 1 is 1.25 bits per heavy atom. The van der Waals surface area contributed by atoms with Gasteiger partial charge in [0, 0.05) is 11.5 Å². The number of hydrogen-bond acceptors (Lipinski definition) is 2. The van der Waals surface area contributed by atoms with Crippen molar-refractivity contribution in [2.75, 3.05) is 7.11 Å². The molecule has 0 radical (unpaired) electrons. The van der Waals surface area contributed by atoms with E-state index < -0.39 is 0 Å². The van der Waals surface area contributed by atoms with E-state index in [4.69, 9.17) is 4.74 Å². The molecule has 2 nitrogen and oxygen atoms in total. The summed E-state index contributed by atoms with van der Waals surface area (Å²) in [6, 6.07) is 13.9. The molecule has 0 N–H and O–H groups in total. The Labute approximate surface area is 126 Å². The van der Waals surface area contributed by atoms with Gasteiger partial charge < -0.3 is 4.74 Å². The zero-order valence-electron chi connectivity index (χ0n) is 11.2.